The molecule has 1 N–H and O–H groups in total. The molecule has 0 spiro atoms. The molecule has 2 aromatic rings. The molecule has 21 heavy (non-hydrogen) atoms. The quantitative estimate of drug-likeness (QED) is 0.861. The van der Waals surface area contributed by atoms with Crippen molar-refractivity contribution in [3.63, 3.8) is 0 Å². The number of hydrogen-bond acceptors (Lipinski definition) is 3. The molecule has 2 atom stereocenters. The number of carbonyl (C=O) groups is 1. The standard InChI is InChI=1S/C18H18O3/c1-17(20)12-13-8-6-7-11-15(13)18(17,16(19)21-2)14-9-4-3-5-10-14/h3-11,20H,12H2,1-2H3/t17-,18-/m0/s1. The molecule has 0 saturated heterocycles. The fourth-order valence-corrected chi connectivity index (χ4v) is 3.59. The van der Waals surface area contributed by atoms with Gasteiger partial charge in [-0.05, 0) is 23.6 Å². The highest BCUT2D eigenvalue weighted by molar-refractivity contribution is 5.91. The molecule has 0 amide bonds. The minimum atomic E-state index is -1.23. The van der Waals surface area contributed by atoms with Crippen LogP contribution in [0.2, 0.25) is 0 Å². The Labute approximate surface area is 124 Å². The lowest BCUT2D eigenvalue weighted by atomic mass is 9.67. The number of fused-ring (bicyclic) bond motifs is 1. The molecule has 0 fully saturated rings. The Kier molecular flexibility index (Phi) is 3.10. The molecule has 108 valence electrons. The molecule has 0 unspecified atom stereocenters. The average molecular weight is 282 g/mol. The summed E-state index contributed by atoms with van der Waals surface area (Å²) in [6.45, 7) is 1.71. The van der Waals surface area contributed by atoms with Gasteiger partial charge >= 0.3 is 5.97 Å². The Hall–Kier alpha value is -2.13. The van der Waals surface area contributed by atoms with Gasteiger partial charge in [-0.2, -0.15) is 0 Å². The molecule has 0 aliphatic heterocycles. The van der Waals surface area contributed by atoms with Crippen molar-refractivity contribution in [1.29, 1.82) is 0 Å². The molecular formula is C18H18O3. The van der Waals surface area contributed by atoms with Gasteiger partial charge in [0, 0.05) is 6.42 Å². The maximum Gasteiger partial charge on any atom is 0.323 e. The van der Waals surface area contributed by atoms with E-state index in [1.54, 1.807) is 6.92 Å². The smallest absolute Gasteiger partial charge is 0.323 e. The molecule has 0 radical (unpaired) electrons. The lowest BCUT2D eigenvalue weighted by molar-refractivity contribution is -0.154. The molecular weight excluding hydrogens is 264 g/mol. The number of esters is 1. The summed E-state index contributed by atoms with van der Waals surface area (Å²) >= 11 is 0. The van der Waals surface area contributed by atoms with Crippen molar-refractivity contribution in [2.75, 3.05) is 7.11 Å². The fraction of sp³-hybridized carbons (Fsp3) is 0.278. The molecule has 3 nitrogen and oxygen atoms in total. The van der Waals surface area contributed by atoms with Crippen LogP contribution >= 0.6 is 0 Å². The van der Waals surface area contributed by atoms with Crippen LogP contribution in [0.25, 0.3) is 0 Å². The largest absolute Gasteiger partial charge is 0.468 e. The first-order valence-electron chi connectivity index (χ1n) is 6.99. The first kappa shape index (κ1) is 13.8. The van der Waals surface area contributed by atoms with Crippen molar-refractivity contribution in [2.24, 2.45) is 0 Å². The predicted octanol–water partition coefficient (Wildman–Crippen LogP) is 2.45. The van der Waals surface area contributed by atoms with E-state index in [1.165, 1.54) is 7.11 Å². The number of benzene rings is 2. The van der Waals surface area contributed by atoms with Crippen LogP contribution in [0.15, 0.2) is 54.6 Å². The number of ether oxygens (including phenoxy) is 1. The van der Waals surface area contributed by atoms with Crippen molar-refractivity contribution in [3.8, 4) is 0 Å². The van der Waals surface area contributed by atoms with Crippen molar-refractivity contribution < 1.29 is 14.6 Å². The lowest BCUT2D eigenvalue weighted by Crippen LogP contribution is -2.53. The summed E-state index contributed by atoms with van der Waals surface area (Å²) < 4.78 is 5.09. The molecule has 3 rings (SSSR count). The van der Waals surface area contributed by atoms with E-state index in [0.717, 1.165) is 16.7 Å². The Bertz CT molecular complexity index is 676. The van der Waals surface area contributed by atoms with Crippen LogP contribution in [0.5, 0.6) is 0 Å². The highest BCUT2D eigenvalue weighted by atomic mass is 16.5. The molecule has 2 aromatic carbocycles. The summed E-state index contributed by atoms with van der Waals surface area (Å²) in [6.07, 6.45) is 0.424. The maximum absolute atomic E-state index is 12.7. The molecule has 3 heteroatoms. The van der Waals surface area contributed by atoms with Gasteiger partial charge in [-0.1, -0.05) is 54.6 Å². The summed E-state index contributed by atoms with van der Waals surface area (Å²) in [5.74, 6) is -0.427. The van der Waals surface area contributed by atoms with Gasteiger partial charge in [0.15, 0.2) is 0 Å². The van der Waals surface area contributed by atoms with E-state index in [1.807, 2.05) is 54.6 Å². The Morgan fingerprint density at radius 3 is 2.38 bits per heavy atom. The fourth-order valence-electron chi connectivity index (χ4n) is 3.59. The van der Waals surface area contributed by atoms with Crippen molar-refractivity contribution in [1.82, 2.24) is 0 Å². The topological polar surface area (TPSA) is 46.5 Å². The Balaban J connectivity index is 2.37. The number of methoxy groups -OCH3 is 1. The Morgan fingerprint density at radius 2 is 1.71 bits per heavy atom. The minimum Gasteiger partial charge on any atom is -0.468 e. The highest BCUT2D eigenvalue weighted by Crippen LogP contribution is 2.51. The van der Waals surface area contributed by atoms with E-state index in [4.69, 9.17) is 4.74 Å². The van der Waals surface area contributed by atoms with Crippen molar-refractivity contribution in [2.45, 2.75) is 24.4 Å². The van der Waals surface area contributed by atoms with Gasteiger partial charge in [0.05, 0.1) is 12.7 Å². The third-order valence-corrected chi connectivity index (χ3v) is 4.46. The molecule has 0 bridgehead atoms. The second-order valence-electron chi connectivity index (χ2n) is 5.72. The zero-order chi connectivity index (χ0) is 15.1. The summed E-state index contributed by atoms with van der Waals surface area (Å²) in [6, 6.07) is 17.0. The van der Waals surface area contributed by atoms with E-state index < -0.39 is 17.0 Å². The number of carbonyl (C=O) groups excluding carboxylic acids is 1. The van der Waals surface area contributed by atoms with Gasteiger partial charge in [0.1, 0.15) is 5.41 Å². The van der Waals surface area contributed by atoms with Crippen LogP contribution in [-0.2, 0) is 21.4 Å². The van der Waals surface area contributed by atoms with Crippen LogP contribution < -0.4 is 0 Å². The predicted molar refractivity (Wildman–Crippen MR) is 80.0 cm³/mol. The average Bonchev–Trinajstić information content (AvgIpc) is 2.74. The van der Waals surface area contributed by atoms with E-state index in [2.05, 4.69) is 0 Å². The number of rotatable bonds is 2. The van der Waals surface area contributed by atoms with Gasteiger partial charge in [-0.25, -0.2) is 0 Å². The summed E-state index contributed by atoms with van der Waals surface area (Å²) in [7, 11) is 1.37. The second kappa shape index (κ2) is 4.71. The van der Waals surface area contributed by atoms with Gasteiger partial charge in [-0.15, -0.1) is 0 Å². The van der Waals surface area contributed by atoms with E-state index in [-0.39, 0.29) is 0 Å². The zero-order valence-corrected chi connectivity index (χ0v) is 12.2. The van der Waals surface area contributed by atoms with Gasteiger partial charge in [0.2, 0.25) is 0 Å². The third-order valence-electron chi connectivity index (χ3n) is 4.46. The van der Waals surface area contributed by atoms with Gasteiger partial charge in [-0.3, -0.25) is 4.79 Å². The third kappa shape index (κ3) is 1.74. The summed E-state index contributed by atoms with van der Waals surface area (Å²) in [4.78, 5) is 12.7. The van der Waals surface area contributed by atoms with Crippen LogP contribution in [0.1, 0.15) is 23.6 Å². The van der Waals surface area contributed by atoms with Crippen LogP contribution in [-0.4, -0.2) is 23.8 Å². The molecule has 0 aromatic heterocycles. The zero-order valence-electron chi connectivity index (χ0n) is 12.2. The Morgan fingerprint density at radius 1 is 1.10 bits per heavy atom. The number of aliphatic hydroxyl groups is 1. The summed E-state index contributed by atoms with van der Waals surface area (Å²) in [5, 5.41) is 11.1. The van der Waals surface area contributed by atoms with Gasteiger partial charge in [0.25, 0.3) is 0 Å². The number of hydrogen-bond donors (Lipinski definition) is 1. The summed E-state index contributed by atoms with van der Waals surface area (Å²) in [5.41, 5.74) is 0.154. The maximum atomic E-state index is 12.7. The van der Waals surface area contributed by atoms with E-state index >= 15 is 0 Å². The lowest BCUT2D eigenvalue weighted by Gasteiger charge is -2.38. The van der Waals surface area contributed by atoms with Crippen molar-refractivity contribution >= 4 is 5.97 Å². The monoisotopic (exact) mass is 282 g/mol. The van der Waals surface area contributed by atoms with Crippen LogP contribution in [0.3, 0.4) is 0 Å². The SMILES string of the molecule is COC(=O)[C@]1(c2ccccc2)c2ccccc2C[C@]1(C)O. The van der Waals surface area contributed by atoms with Gasteiger partial charge < -0.3 is 9.84 Å². The highest BCUT2D eigenvalue weighted by Gasteiger charge is 2.61. The normalized spacial score (nSPS) is 27.2. The first-order chi connectivity index (χ1) is 10.0. The first-order valence-corrected chi connectivity index (χ1v) is 6.99. The second-order valence-corrected chi connectivity index (χ2v) is 5.72. The van der Waals surface area contributed by atoms with E-state index in [0.29, 0.717) is 6.42 Å². The van der Waals surface area contributed by atoms with Crippen molar-refractivity contribution in [3.05, 3.63) is 71.3 Å². The minimum absolute atomic E-state index is 0.424. The van der Waals surface area contributed by atoms with E-state index in [9.17, 15) is 9.90 Å². The van der Waals surface area contributed by atoms with Crippen LogP contribution in [0, 0.1) is 0 Å². The van der Waals surface area contributed by atoms with Crippen LogP contribution in [0.4, 0.5) is 0 Å². The molecule has 1 aliphatic rings. The molecule has 1 aliphatic carbocycles. The molecule has 0 heterocycles. The molecule has 0 saturated carbocycles.